The quantitative estimate of drug-likeness (QED) is 0.745. The zero-order chi connectivity index (χ0) is 11.5. The van der Waals surface area contributed by atoms with Crippen LogP contribution in [0.3, 0.4) is 0 Å². The maximum absolute atomic E-state index is 9.12. The third-order valence-electron chi connectivity index (χ3n) is 2.06. The van der Waals surface area contributed by atoms with E-state index < -0.39 is 0 Å². The third kappa shape index (κ3) is 1.58. The molecule has 2 N–H and O–H groups in total. The lowest BCUT2D eigenvalue weighted by atomic mass is 10.2. The lowest BCUT2D eigenvalue weighted by molar-refractivity contribution is 0.475. The van der Waals surface area contributed by atoms with Crippen molar-refractivity contribution in [3.8, 4) is 29.3 Å². The van der Waals surface area contributed by atoms with Crippen LogP contribution in [0.15, 0.2) is 24.3 Å². The van der Waals surface area contributed by atoms with Crippen LogP contribution in [0.1, 0.15) is 11.4 Å². The van der Waals surface area contributed by atoms with Gasteiger partial charge in [0.05, 0.1) is 0 Å². The first-order valence-corrected chi connectivity index (χ1v) is 4.44. The van der Waals surface area contributed by atoms with Crippen LogP contribution in [-0.2, 0) is 0 Å². The number of nitriles is 2. The molecule has 0 spiro atoms. The Morgan fingerprint density at radius 3 is 2.31 bits per heavy atom. The van der Waals surface area contributed by atoms with Crippen molar-refractivity contribution in [1.29, 1.82) is 10.5 Å². The summed E-state index contributed by atoms with van der Waals surface area (Å²) in [6.07, 6.45) is 0. The Morgan fingerprint density at radius 1 is 1.12 bits per heavy atom. The number of phenols is 1. The zero-order valence-corrected chi connectivity index (χ0v) is 8.10. The Balaban J connectivity index is 2.50. The molecule has 0 fully saturated rings. The first-order valence-electron chi connectivity index (χ1n) is 4.44. The highest BCUT2D eigenvalue weighted by atomic mass is 16.3. The largest absolute Gasteiger partial charge is 0.508 e. The number of aromatic hydroxyl groups is 1. The second kappa shape index (κ2) is 3.76. The minimum atomic E-state index is 0.0746. The van der Waals surface area contributed by atoms with Crippen molar-refractivity contribution >= 4 is 0 Å². The van der Waals surface area contributed by atoms with Gasteiger partial charge in [-0.3, -0.25) is 0 Å². The lowest BCUT2D eigenvalue weighted by Gasteiger charge is -1.95. The fourth-order valence-electron chi connectivity index (χ4n) is 1.29. The molecule has 2 rings (SSSR count). The van der Waals surface area contributed by atoms with Gasteiger partial charge < -0.3 is 10.1 Å². The van der Waals surface area contributed by atoms with Crippen molar-refractivity contribution in [3.05, 3.63) is 35.7 Å². The Kier molecular flexibility index (Phi) is 2.29. The minimum absolute atomic E-state index is 0.0746. The molecule has 16 heavy (non-hydrogen) atoms. The van der Waals surface area contributed by atoms with Crippen LogP contribution in [0.5, 0.6) is 5.75 Å². The van der Waals surface area contributed by atoms with Gasteiger partial charge in [-0.25, -0.2) is 4.98 Å². The molecule has 0 aliphatic carbocycles. The van der Waals surface area contributed by atoms with Gasteiger partial charge in [0, 0.05) is 5.56 Å². The fourth-order valence-corrected chi connectivity index (χ4v) is 1.29. The van der Waals surface area contributed by atoms with Crippen LogP contribution >= 0.6 is 0 Å². The maximum atomic E-state index is 9.12. The summed E-state index contributed by atoms with van der Waals surface area (Å²) in [5.41, 5.74) is 0.923. The summed E-state index contributed by atoms with van der Waals surface area (Å²) < 4.78 is 0. The van der Waals surface area contributed by atoms with E-state index >= 15 is 0 Å². The van der Waals surface area contributed by atoms with E-state index in [2.05, 4.69) is 9.97 Å². The second-order valence-electron chi connectivity index (χ2n) is 3.08. The standard InChI is InChI=1S/C11H6N4O/c12-5-9-10(6-13)15-11(14-9)7-1-3-8(16)4-2-7/h1-4,16H,(H,14,15). The molecule has 5 nitrogen and oxygen atoms in total. The number of imidazole rings is 1. The van der Waals surface area contributed by atoms with E-state index in [0.29, 0.717) is 11.4 Å². The van der Waals surface area contributed by atoms with Crippen molar-refractivity contribution < 1.29 is 5.11 Å². The highest BCUT2D eigenvalue weighted by molar-refractivity contribution is 5.59. The molecular weight excluding hydrogens is 204 g/mol. The smallest absolute Gasteiger partial charge is 0.177 e. The Labute approximate surface area is 91.2 Å². The normalized spacial score (nSPS) is 9.38. The van der Waals surface area contributed by atoms with E-state index in [1.807, 2.05) is 12.1 Å². The minimum Gasteiger partial charge on any atom is -0.508 e. The number of benzene rings is 1. The highest BCUT2D eigenvalue weighted by Crippen LogP contribution is 2.20. The van der Waals surface area contributed by atoms with E-state index in [9.17, 15) is 0 Å². The lowest BCUT2D eigenvalue weighted by Crippen LogP contribution is -1.79. The van der Waals surface area contributed by atoms with Crippen LogP contribution in [-0.4, -0.2) is 15.1 Å². The molecule has 2 aromatic rings. The van der Waals surface area contributed by atoms with E-state index in [0.717, 1.165) is 0 Å². The molecule has 0 unspecified atom stereocenters. The molecular formula is C11H6N4O. The van der Waals surface area contributed by atoms with E-state index in [1.165, 1.54) is 12.1 Å². The highest BCUT2D eigenvalue weighted by Gasteiger charge is 2.10. The average Bonchev–Trinajstić information content (AvgIpc) is 2.73. The topological polar surface area (TPSA) is 96.5 Å². The number of phenolic OH excluding ortho intramolecular Hbond substituents is 1. The summed E-state index contributed by atoms with van der Waals surface area (Å²) in [6.45, 7) is 0. The van der Waals surface area contributed by atoms with Gasteiger partial charge in [0.2, 0.25) is 0 Å². The summed E-state index contributed by atoms with van der Waals surface area (Å²) >= 11 is 0. The van der Waals surface area contributed by atoms with Crippen LogP contribution in [0, 0.1) is 22.7 Å². The summed E-state index contributed by atoms with van der Waals surface area (Å²) in [7, 11) is 0. The number of aromatic nitrogens is 2. The first-order chi connectivity index (χ1) is 7.74. The molecule has 0 aliphatic heterocycles. The van der Waals surface area contributed by atoms with Gasteiger partial charge in [-0.05, 0) is 24.3 Å². The van der Waals surface area contributed by atoms with Gasteiger partial charge in [0.25, 0.3) is 0 Å². The van der Waals surface area contributed by atoms with Crippen molar-refractivity contribution in [2.45, 2.75) is 0 Å². The molecule has 0 bridgehead atoms. The van der Waals surface area contributed by atoms with Gasteiger partial charge in [-0.2, -0.15) is 10.5 Å². The van der Waals surface area contributed by atoms with Crippen LogP contribution < -0.4 is 0 Å². The van der Waals surface area contributed by atoms with Gasteiger partial charge in [-0.1, -0.05) is 0 Å². The van der Waals surface area contributed by atoms with Gasteiger partial charge in [0.1, 0.15) is 23.7 Å². The number of nitrogens with one attached hydrogen (secondary N) is 1. The zero-order valence-electron chi connectivity index (χ0n) is 8.10. The Bertz CT molecular complexity index is 567. The van der Waals surface area contributed by atoms with Crippen molar-refractivity contribution in [2.24, 2.45) is 0 Å². The van der Waals surface area contributed by atoms with E-state index in [4.69, 9.17) is 15.6 Å². The van der Waals surface area contributed by atoms with Crippen molar-refractivity contribution in [2.75, 3.05) is 0 Å². The van der Waals surface area contributed by atoms with Gasteiger partial charge >= 0.3 is 0 Å². The summed E-state index contributed by atoms with van der Waals surface area (Å²) in [4.78, 5) is 6.72. The van der Waals surface area contributed by atoms with Gasteiger partial charge in [-0.15, -0.1) is 0 Å². The fraction of sp³-hybridized carbons (Fsp3) is 0. The molecule has 76 valence electrons. The molecule has 0 aliphatic rings. The number of hydrogen-bond donors (Lipinski definition) is 2. The number of hydrogen-bond acceptors (Lipinski definition) is 4. The maximum Gasteiger partial charge on any atom is 0.177 e. The Hall–Kier alpha value is -2.79. The molecule has 0 radical (unpaired) electrons. The number of rotatable bonds is 1. The molecule has 0 saturated carbocycles. The number of aromatic amines is 1. The van der Waals surface area contributed by atoms with Crippen LogP contribution in [0.25, 0.3) is 11.4 Å². The van der Waals surface area contributed by atoms with E-state index in [1.54, 1.807) is 12.1 Å². The molecule has 1 heterocycles. The van der Waals surface area contributed by atoms with Crippen molar-refractivity contribution in [3.63, 3.8) is 0 Å². The predicted molar refractivity (Wildman–Crippen MR) is 55.1 cm³/mol. The average molecular weight is 210 g/mol. The van der Waals surface area contributed by atoms with Crippen molar-refractivity contribution in [1.82, 2.24) is 9.97 Å². The molecule has 5 heteroatoms. The van der Waals surface area contributed by atoms with Gasteiger partial charge in [0.15, 0.2) is 11.4 Å². The first kappa shape index (κ1) is 9.75. The second-order valence-corrected chi connectivity index (χ2v) is 3.08. The molecule has 0 amide bonds. The Morgan fingerprint density at radius 2 is 1.81 bits per heavy atom. The van der Waals surface area contributed by atoms with E-state index in [-0.39, 0.29) is 17.1 Å². The molecule has 1 aromatic carbocycles. The summed E-state index contributed by atoms with van der Waals surface area (Å²) in [5, 5.41) is 26.6. The number of nitrogens with zero attached hydrogens (tertiary/aromatic N) is 3. The predicted octanol–water partition coefficient (Wildman–Crippen LogP) is 1.53. The molecule has 1 aromatic heterocycles. The summed E-state index contributed by atoms with van der Waals surface area (Å²) in [5.74, 6) is 0.587. The monoisotopic (exact) mass is 210 g/mol. The number of H-pyrrole nitrogens is 1. The van der Waals surface area contributed by atoms with Crippen LogP contribution in [0.2, 0.25) is 0 Å². The third-order valence-corrected chi connectivity index (χ3v) is 2.06. The molecule has 0 atom stereocenters. The van der Waals surface area contributed by atoms with Crippen LogP contribution in [0.4, 0.5) is 0 Å². The SMILES string of the molecule is N#Cc1nc(-c2ccc(O)cc2)[nH]c1C#N. The summed E-state index contributed by atoms with van der Waals surface area (Å²) in [6, 6.07) is 10.0. The molecule has 0 saturated heterocycles.